The van der Waals surface area contributed by atoms with Crippen LogP contribution in [0, 0.1) is 12.3 Å². The number of nitrogens with zero attached hydrogens (tertiary/aromatic N) is 11. The van der Waals surface area contributed by atoms with Crippen LogP contribution in [0.5, 0.6) is 0 Å². The molecule has 0 spiro atoms. The number of amidine groups is 3. The van der Waals surface area contributed by atoms with Crippen molar-refractivity contribution in [3.63, 3.8) is 0 Å². The summed E-state index contributed by atoms with van der Waals surface area (Å²) in [4.78, 5) is 41.1. The fourth-order valence-corrected chi connectivity index (χ4v) is 18.3. The number of hydrogen-bond donors (Lipinski definition) is 13. The molecule has 114 heavy (non-hydrogen) atoms. The average molecular weight is 1690 g/mol. The monoisotopic (exact) mass is 1690 g/mol. The van der Waals surface area contributed by atoms with E-state index in [-0.39, 0.29) is 17.7 Å². The molecule has 5 fully saturated rings. The fourth-order valence-electron chi connectivity index (χ4n) is 13.5. The number of nitrogens with one attached hydrogen (secondary N) is 4. The number of aryl methyl sites for hydroxylation is 1. The van der Waals surface area contributed by atoms with Crippen molar-refractivity contribution >= 4 is 89.6 Å². The molecule has 11 heterocycles. The number of methoxy groups -OCH3 is 1. The summed E-state index contributed by atoms with van der Waals surface area (Å²) in [5.41, 5.74) is 1.35. The standard InChI is InChI=1S/C17H26N3O3P.2C16H28N3O3P.C15H26N3O3P.C14H24N3O4P/c1-10-8-12-9-20(11(2)19-16(12)18-10)17-15(22)14(21)13(23-17)6-7-24(3,4)5;1-11-17-13(18(2)3)7-9-19(11)16-15(21)14(20)12(22-16)8-10-23(4,5)6;1-11-18-13(17-2)7-9-19(11)16-15(21-3)14(20)12(22-16)8-10-23(4,5)6;1-10-17-12(16-2)6-8-18(10)15-14(20)13(19)11(21-15)7-9-22(3,4)5;1-16-10(15)5-7-17(14(16)20)13-12(19)11(18)9(21-13)6-8-22(2,3)4/h8-9,13-15,17,21-22H,2-3,6-7H2,1,4-5H3,(H,18,19);7,9,12,14-16,20-21H,1,4,8,10H2,2-3,5-6H3;7,9,12,14-16,20H,1,4,8,10H2,2-3,5-6H3,(H,17,18);6,8,11,13-15,19-20H,1,3,7,9H2,2,4-5H3,(H,16,17);5,7,9,11-13,15,18-19H,2,6,8H2,1,3-4H3/t13-,14-,15-,17-;2*12-,14-,15-,16-;11-,13-,14-,15-;9-,11-,12-,13-/m11111/s1. The van der Waals surface area contributed by atoms with Gasteiger partial charge in [-0.3, -0.25) is 24.5 Å². The van der Waals surface area contributed by atoms with Gasteiger partial charge in [-0.25, -0.2) is 14.8 Å². The second-order valence-electron chi connectivity index (χ2n) is 33.8. The molecule has 0 saturated carbocycles. The Kier molecular flexibility index (Phi) is 33.4. The van der Waals surface area contributed by atoms with Gasteiger partial charge in [0.1, 0.15) is 113 Å². The zero-order valence-electron chi connectivity index (χ0n) is 69.8. The first kappa shape index (κ1) is 95.5. The van der Waals surface area contributed by atoms with Crippen LogP contribution in [0.25, 0.3) is 6.20 Å². The molecule has 0 radical (unpaired) electrons. The van der Waals surface area contributed by atoms with Gasteiger partial charge in [-0.05, 0) is 167 Å². The van der Waals surface area contributed by atoms with Gasteiger partial charge in [-0.1, -0.05) is 26.3 Å². The van der Waals surface area contributed by atoms with Gasteiger partial charge in [-0.2, -0.15) is 0 Å². The van der Waals surface area contributed by atoms with Gasteiger partial charge in [0.15, 0.2) is 31.1 Å². The molecule has 0 unspecified atom stereocenters. The molecule has 0 aromatic carbocycles. The topological polar surface area (TPSA) is 394 Å². The zero-order chi connectivity index (χ0) is 85.4. The van der Waals surface area contributed by atoms with Gasteiger partial charge >= 0.3 is 5.69 Å². The van der Waals surface area contributed by atoms with Gasteiger partial charge in [0.05, 0.1) is 30.5 Å². The highest BCUT2D eigenvalue weighted by atomic mass is 31.2. The van der Waals surface area contributed by atoms with Gasteiger partial charge in [0, 0.05) is 84.3 Å². The van der Waals surface area contributed by atoms with E-state index in [9.17, 15) is 50.8 Å². The van der Waals surface area contributed by atoms with E-state index in [0.717, 1.165) is 69.9 Å². The maximum atomic E-state index is 12.2. The Balaban J connectivity index is 0.000000197. The predicted molar refractivity (Wildman–Crippen MR) is 472 cm³/mol. The molecular formula is C78H132N15O16P5. The maximum Gasteiger partial charge on any atom is 0.331 e. The van der Waals surface area contributed by atoms with Crippen LogP contribution >= 0.6 is 34.4 Å². The Morgan fingerprint density at radius 3 is 1.25 bits per heavy atom. The van der Waals surface area contributed by atoms with Crippen LogP contribution in [-0.2, 0) is 35.5 Å². The van der Waals surface area contributed by atoms with Crippen molar-refractivity contribution in [1.82, 2.24) is 49.3 Å². The Morgan fingerprint density at radius 2 is 0.877 bits per heavy atom. The van der Waals surface area contributed by atoms with E-state index in [1.165, 1.54) is 23.9 Å². The summed E-state index contributed by atoms with van der Waals surface area (Å²) in [6.45, 7) is 33.2. The number of H-pyrrole nitrogens is 1. The van der Waals surface area contributed by atoms with Gasteiger partial charge in [0.25, 0.3) is 0 Å². The molecule has 2 aromatic heterocycles. The Labute approximate surface area is 673 Å². The van der Waals surface area contributed by atoms with Crippen molar-refractivity contribution in [2.45, 2.75) is 162 Å². The summed E-state index contributed by atoms with van der Waals surface area (Å²) < 4.78 is 37.4. The number of aromatic nitrogens is 3. The minimum Gasteiger partial charge on any atom is -0.388 e. The van der Waals surface area contributed by atoms with Crippen molar-refractivity contribution in [3.8, 4) is 0 Å². The average Bonchev–Trinajstić information content (AvgIpc) is 1.73. The second-order valence-corrected chi connectivity index (χ2v) is 55.4. The van der Waals surface area contributed by atoms with Crippen LogP contribution in [0.1, 0.15) is 44.0 Å². The van der Waals surface area contributed by atoms with Crippen molar-refractivity contribution in [3.05, 3.63) is 137 Å². The molecule has 0 bridgehead atoms. The third-order valence-electron chi connectivity index (χ3n) is 20.3. The van der Waals surface area contributed by atoms with E-state index in [0.29, 0.717) is 54.8 Å². The van der Waals surface area contributed by atoms with Crippen molar-refractivity contribution < 1.29 is 74.4 Å². The number of rotatable bonds is 21. The molecule has 0 aliphatic carbocycles. The summed E-state index contributed by atoms with van der Waals surface area (Å²) in [6, 6.07) is 3.42. The molecule has 36 heteroatoms. The molecular weight excluding hydrogens is 1560 g/mol. The number of aromatic amines is 1. The quantitative estimate of drug-likeness (QED) is 0.0792. The SMILES string of the molecule is C=C1N=C(N(C)C)C=CN1[C@@H]1O[C@H](CCP(=C)(C)C)[C@@H](O)[C@H]1O.C=C1N=c2[nH]c(C)cc2=CN1[C@@H]1O[C@H](CCP(=C)(C)C)[C@@H](O)[C@H]1O.C=C1NC(=NC)C=CN1[C@@H]1O[C@H](CCP(=C)(C)C)[C@@H](O)[C@H]1O.C=C1NC(=NC)C=CN1[C@@H]1O[C@H](CCP(=C)(C)C)[C@@H](O)[C@H]1OC.C=P(C)(C)CC[C@H]1O[C@@H](n2ccc(=N)n(C)c2=O)[C@H](O)[C@@H]1O. The van der Waals surface area contributed by atoms with E-state index in [4.69, 9.17) is 33.8 Å². The lowest BCUT2D eigenvalue weighted by Crippen LogP contribution is -2.47. The smallest absolute Gasteiger partial charge is 0.331 e. The Morgan fingerprint density at radius 1 is 0.526 bits per heavy atom. The predicted octanol–water partition coefficient (Wildman–Crippen LogP) is 1.75. The first-order valence-electron chi connectivity index (χ1n) is 37.9. The second kappa shape index (κ2) is 39.9. The number of likely N-dealkylation sites (N-methyl/N-ethyl adjacent to an activating group) is 1. The van der Waals surface area contributed by atoms with E-state index < -0.39 is 151 Å². The molecule has 13 N–H and O–H groups in total. The number of fused-ring (bicyclic) bond motifs is 1. The number of ether oxygens (including phenoxy) is 6. The molecule has 2 aromatic rings. The number of aliphatic hydroxyl groups excluding tert-OH is 9. The molecule has 9 aliphatic rings. The molecule has 0 amide bonds. The van der Waals surface area contributed by atoms with E-state index >= 15 is 0 Å². The molecule has 9 aliphatic heterocycles. The lowest BCUT2D eigenvalue weighted by atomic mass is 10.1. The van der Waals surface area contributed by atoms with E-state index in [1.807, 2.05) is 61.4 Å². The number of aliphatic hydroxyl groups is 9. The zero-order valence-corrected chi connectivity index (χ0v) is 74.3. The largest absolute Gasteiger partial charge is 0.388 e. The first-order valence-corrected chi connectivity index (χ1v) is 53.2. The third-order valence-corrected chi connectivity index (χ3v) is 27.6. The van der Waals surface area contributed by atoms with Crippen molar-refractivity contribution in [2.24, 2.45) is 27.0 Å². The van der Waals surface area contributed by atoms with Crippen LogP contribution in [-0.4, -0.2) is 383 Å². The van der Waals surface area contributed by atoms with E-state index in [2.05, 4.69) is 160 Å². The highest BCUT2D eigenvalue weighted by molar-refractivity contribution is 7.73. The minimum atomic E-state index is -1.25. The van der Waals surface area contributed by atoms with Gasteiger partial charge in [0.2, 0.25) is 0 Å². The van der Waals surface area contributed by atoms with Crippen LogP contribution in [0.2, 0.25) is 0 Å². The normalized spacial score (nSPS) is 31.6. The van der Waals surface area contributed by atoms with E-state index in [1.54, 1.807) is 54.4 Å². The summed E-state index contributed by atoms with van der Waals surface area (Å²) in [5, 5.41) is 107. The highest BCUT2D eigenvalue weighted by Gasteiger charge is 2.51. The van der Waals surface area contributed by atoms with Crippen LogP contribution in [0.4, 0.5) is 0 Å². The summed E-state index contributed by atoms with van der Waals surface area (Å²) in [5.74, 6) is 4.38. The fraction of sp³-hybridized carbons (Fsp3) is 0.603. The third kappa shape index (κ3) is 25.7. The highest BCUT2D eigenvalue weighted by Crippen LogP contribution is 2.44. The Hall–Kier alpha value is -5.68. The first-order chi connectivity index (χ1) is 52.9. The summed E-state index contributed by atoms with van der Waals surface area (Å²) in [7, 11) is 10.3. The minimum absolute atomic E-state index is 0.0643. The molecule has 5 saturated heterocycles. The van der Waals surface area contributed by atoms with Gasteiger partial charge < -0.3 is 114 Å². The summed E-state index contributed by atoms with van der Waals surface area (Å²) >= 11 is 0. The lowest BCUT2D eigenvalue weighted by Gasteiger charge is -2.34. The number of hydrogen-bond acceptors (Lipinski definition) is 26. The summed E-state index contributed by atoms with van der Waals surface area (Å²) in [6.07, 6.45) is 28.6. The van der Waals surface area contributed by atoms with Crippen LogP contribution in [0.15, 0.2) is 130 Å². The van der Waals surface area contributed by atoms with Crippen molar-refractivity contribution in [2.75, 3.05) is 133 Å². The van der Waals surface area contributed by atoms with Crippen LogP contribution < -0.4 is 32.5 Å². The molecule has 31 nitrogen and oxygen atoms in total. The number of aliphatic imine (C=N–C) groups is 3. The maximum absolute atomic E-state index is 12.2. The van der Waals surface area contributed by atoms with Crippen LogP contribution in [0.3, 0.4) is 0 Å². The van der Waals surface area contributed by atoms with Crippen molar-refractivity contribution in [1.29, 1.82) is 5.41 Å². The van der Waals surface area contributed by atoms with Gasteiger partial charge in [-0.15, -0.1) is 65.9 Å². The molecule has 640 valence electrons. The lowest BCUT2D eigenvalue weighted by molar-refractivity contribution is -0.0709. The molecule has 20 atom stereocenters. The molecule has 11 rings (SSSR count). The Bertz CT molecular complexity index is 4450.